The lowest BCUT2D eigenvalue weighted by atomic mass is 10.0. The number of nitrogens with two attached hydrogens (primary N) is 1. The van der Waals surface area contributed by atoms with Gasteiger partial charge in [-0.15, -0.1) is 0 Å². The van der Waals surface area contributed by atoms with Gasteiger partial charge < -0.3 is 25.2 Å². The first-order chi connectivity index (χ1) is 15.1. The Balaban J connectivity index is 1.90. The fraction of sp³-hybridized carbons (Fsp3) is 0.435. The van der Waals surface area contributed by atoms with Crippen LogP contribution in [0, 0.1) is 0 Å². The first-order valence-corrected chi connectivity index (χ1v) is 10.2. The summed E-state index contributed by atoms with van der Waals surface area (Å²) in [5.74, 6) is -0.756. The van der Waals surface area contributed by atoms with Gasteiger partial charge in [0, 0.05) is 12.2 Å². The number of benzene rings is 2. The van der Waals surface area contributed by atoms with Crippen LogP contribution in [0.3, 0.4) is 0 Å². The number of aryl methyl sites for hydroxylation is 1. The van der Waals surface area contributed by atoms with E-state index in [1.54, 1.807) is 7.11 Å². The zero-order valence-electron chi connectivity index (χ0n) is 18.2. The Kier molecular flexibility index (Phi) is 8.91. The van der Waals surface area contributed by atoms with Crippen molar-refractivity contribution < 1.29 is 32.5 Å². The molecule has 0 radical (unpaired) electrons. The topological polar surface area (TPSA) is 85.0 Å². The highest BCUT2D eigenvalue weighted by Gasteiger charge is 2.44. The Morgan fingerprint density at radius 2 is 1.62 bits per heavy atom. The molecule has 0 bridgehead atoms. The number of ether oxygens (including phenoxy) is 2. The van der Waals surface area contributed by atoms with Gasteiger partial charge in [0.1, 0.15) is 11.5 Å². The molecular weight excluding hydrogens is 425 g/mol. The number of methoxy groups -OCH3 is 1. The number of unbranched alkanes of at least 4 members (excludes halogenated alkanes) is 1. The number of rotatable bonds is 11. The van der Waals surface area contributed by atoms with Crippen molar-refractivity contribution in [2.24, 2.45) is 5.73 Å². The van der Waals surface area contributed by atoms with E-state index < -0.39 is 30.8 Å². The number of anilines is 1. The summed E-state index contributed by atoms with van der Waals surface area (Å²) in [5, 5.41) is 9.29. The summed E-state index contributed by atoms with van der Waals surface area (Å²) < 4.78 is 49.8. The molecule has 2 aromatic rings. The second-order valence-corrected chi connectivity index (χ2v) is 7.85. The third kappa shape index (κ3) is 7.72. The summed E-state index contributed by atoms with van der Waals surface area (Å²) in [5.41, 5.74) is 5.60. The fourth-order valence-electron chi connectivity index (χ4n) is 2.98. The van der Waals surface area contributed by atoms with E-state index in [-0.39, 0.29) is 5.69 Å². The number of carbonyl (C=O) groups is 1. The first-order valence-electron chi connectivity index (χ1n) is 10.2. The van der Waals surface area contributed by atoms with Gasteiger partial charge in [-0.25, -0.2) is 0 Å². The van der Waals surface area contributed by atoms with Crippen molar-refractivity contribution >= 4 is 11.6 Å². The van der Waals surface area contributed by atoms with E-state index in [2.05, 4.69) is 0 Å². The zero-order chi connectivity index (χ0) is 23.8. The molecule has 3 N–H and O–H groups in total. The second kappa shape index (κ2) is 11.2. The second-order valence-electron chi connectivity index (χ2n) is 7.85. The summed E-state index contributed by atoms with van der Waals surface area (Å²) in [6, 6.07) is 13.6. The van der Waals surface area contributed by atoms with E-state index in [1.807, 2.05) is 24.3 Å². The molecule has 0 aliphatic rings. The van der Waals surface area contributed by atoms with E-state index in [9.17, 15) is 23.1 Å². The molecular formula is C23H29F3N2O4. The van der Waals surface area contributed by atoms with Gasteiger partial charge in [0.15, 0.2) is 0 Å². The summed E-state index contributed by atoms with van der Waals surface area (Å²) in [6.45, 7) is 0.749. The van der Waals surface area contributed by atoms with Gasteiger partial charge in [-0.3, -0.25) is 4.79 Å². The van der Waals surface area contributed by atoms with E-state index in [4.69, 9.17) is 15.2 Å². The van der Waals surface area contributed by atoms with Crippen LogP contribution >= 0.6 is 0 Å². The van der Waals surface area contributed by atoms with Crippen LogP contribution in [0.25, 0.3) is 0 Å². The Labute approximate surface area is 185 Å². The van der Waals surface area contributed by atoms with Crippen LogP contribution in [0.4, 0.5) is 18.9 Å². The number of aliphatic hydroxyl groups excluding tert-OH is 1. The van der Waals surface area contributed by atoms with Gasteiger partial charge in [-0.2, -0.15) is 13.2 Å². The minimum atomic E-state index is -5.06. The summed E-state index contributed by atoms with van der Waals surface area (Å²) >= 11 is 0. The van der Waals surface area contributed by atoms with Crippen molar-refractivity contribution in [3.63, 3.8) is 0 Å². The molecule has 9 heteroatoms. The molecule has 0 saturated heterocycles. The molecule has 1 atom stereocenters. The Bertz CT molecular complexity index is 853. The molecule has 0 aromatic heterocycles. The Morgan fingerprint density at radius 3 is 2.16 bits per heavy atom. The smallest absolute Gasteiger partial charge is 0.471 e. The number of amides is 1. The lowest BCUT2D eigenvalue weighted by molar-refractivity contribution is -0.170. The SMILES string of the molecule is COc1ccc(CCCCOc2ccc(N(C[C@](C)(N)CO)C(=O)C(F)(F)F)cc2)cc1. The minimum absolute atomic E-state index is 0.0179. The van der Waals surface area contributed by atoms with E-state index in [1.165, 1.54) is 36.8 Å². The summed E-state index contributed by atoms with van der Waals surface area (Å²) in [7, 11) is 1.62. The summed E-state index contributed by atoms with van der Waals surface area (Å²) in [6.07, 6.45) is -2.46. The van der Waals surface area contributed by atoms with Gasteiger partial charge in [0.2, 0.25) is 0 Å². The quantitative estimate of drug-likeness (QED) is 0.506. The minimum Gasteiger partial charge on any atom is -0.497 e. The van der Waals surface area contributed by atoms with E-state index in [0.29, 0.717) is 17.3 Å². The van der Waals surface area contributed by atoms with Gasteiger partial charge in [0.05, 0.1) is 25.9 Å². The lowest BCUT2D eigenvalue weighted by Gasteiger charge is -2.31. The number of hydrogen-bond acceptors (Lipinski definition) is 5. The van der Waals surface area contributed by atoms with Gasteiger partial charge in [-0.1, -0.05) is 12.1 Å². The molecule has 0 aliphatic heterocycles. The number of halogens is 3. The number of nitrogens with zero attached hydrogens (tertiary/aromatic N) is 1. The van der Waals surface area contributed by atoms with Crippen LogP contribution in [-0.4, -0.2) is 49.6 Å². The monoisotopic (exact) mass is 454 g/mol. The standard InChI is InChI=1S/C23H29F3N2O4/c1-22(27,16-29)15-28(21(30)23(24,25)26)18-8-12-20(13-9-18)32-14-4-3-5-17-6-10-19(31-2)11-7-17/h6-13,29H,3-5,14-16,27H2,1-2H3/t22-/m0/s1. The van der Waals surface area contributed by atoms with E-state index in [0.717, 1.165) is 25.0 Å². The lowest BCUT2D eigenvalue weighted by Crippen LogP contribution is -2.55. The number of alkyl halides is 3. The maximum absolute atomic E-state index is 13.0. The van der Waals surface area contributed by atoms with E-state index >= 15 is 0 Å². The molecule has 2 aromatic carbocycles. The maximum Gasteiger partial charge on any atom is 0.471 e. The summed E-state index contributed by atoms with van der Waals surface area (Å²) in [4.78, 5) is 12.4. The number of carbonyl (C=O) groups excluding carboxylic acids is 1. The molecule has 0 aliphatic carbocycles. The van der Waals surface area contributed by atoms with Crippen molar-refractivity contribution in [1.82, 2.24) is 0 Å². The highest BCUT2D eigenvalue weighted by Crippen LogP contribution is 2.27. The third-order valence-corrected chi connectivity index (χ3v) is 4.80. The highest BCUT2D eigenvalue weighted by molar-refractivity contribution is 5.97. The molecule has 2 rings (SSSR count). The largest absolute Gasteiger partial charge is 0.497 e. The number of hydrogen-bond donors (Lipinski definition) is 2. The van der Waals surface area contributed by atoms with Gasteiger partial charge in [-0.05, 0) is 68.1 Å². The predicted octanol–water partition coefficient (Wildman–Crippen LogP) is 3.70. The average molecular weight is 454 g/mol. The molecule has 1 amide bonds. The third-order valence-electron chi connectivity index (χ3n) is 4.80. The van der Waals surface area contributed by atoms with Crippen molar-refractivity contribution in [3.05, 3.63) is 54.1 Å². The molecule has 0 spiro atoms. The molecule has 176 valence electrons. The molecule has 6 nitrogen and oxygen atoms in total. The number of aliphatic hydroxyl groups is 1. The molecule has 0 saturated carbocycles. The van der Waals surface area contributed by atoms with Crippen LogP contribution in [0.2, 0.25) is 0 Å². The average Bonchev–Trinajstić information content (AvgIpc) is 2.77. The van der Waals surface area contributed by atoms with Gasteiger partial charge in [0.25, 0.3) is 0 Å². The van der Waals surface area contributed by atoms with Crippen molar-refractivity contribution in [2.45, 2.75) is 37.9 Å². The van der Waals surface area contributed by atoms with Crippen LogP contribution in [-0.2, 0) is 11.2 Å². The predicted molar refractivity (Wildman–Crippen MR) is 116 cm³/mol. The Hall–Kier alpha value is -2.78. The van der Waals surface area contributed by atoms with Crippen LogP contribution < -0.4 is 20.1 Å². The maximum atomic E-state index is 13.0. The molecule has 0 unspecified atom stereocenters. The van der Waals surface area contributed by atoms with Crippen molar-refractivity contribution in [2.75, 3.05) is 31.8 Å². The molecule has 0 fully saturated rings. The normalized spacial score (nSPS) is 13.3. The first kappa shape index (κ1) is 25.5. The van der Waals surface area contributed by atoms with Crippen LogP contribution in [0.1, 0.15) is 25.3 Å². The highest BCUT2D eigenvalue weighted by atomic mass is 19.4. The van der Waals surface area contributed by atoms with Crippen molar-refractivity contribution in [1.29, 1.82) is 0 Å². The molecule has 0 heterocycles. The van der Waals surface area contributed by atoms with Crippen LogP contribution in [0.5, 0.6) is 11.5 Å². The zero-order valence-corrected chi connectivity index (χ0v) is 18.2. The molecule has 32 heavy (non-hydrogen) atoms. The van der Waals surface area contributed by atoms with Crippen molar-refractivity contribution in [3.8, 4) is 11.5 Å². The fourth-order valence-corrected chi connectivity index (χ4v) is 2.98. The van der Waals surface area contributed by atoms with Gasteiger partial charge >= 0.3 is 12.1 Å². The Morgan fingerprint density at radius 1 is 1.03 bits per heavy atom. The van der Waals surface area contributed by atoms with Crippen LogP contribution in [0.15, 0.2) is 48.5 Å².